The van der Waals surface area contributed by atoms with Gasteiger partial charge in [-0.25, -0.2) is 14.8 Å². The molecule has 96 valence electrons. The maximum atomic E-state index is 11.5. The Kier molecular flexibility index (Phi) is 4.53. The zero-order valence-electron chi connectivity index (χ0n) is 10.1. The van der Waals surface area contributed by atoms with Crippen LogP contribution in [0.15, 0.2) is 0 Å². The number of anilines is 1. The number of rotatable bonds is 4. The normalized spacial score (nSPS) is 10.2. The summed E-state index contributed by atoms with van der Waals surface area (Å²) in [5.74, 6) is -0.902. The van der Waals surface area contributed by atoms with E-state index in [1.165, 1.54) is 21.3 Å². The third kappa shape index (κ3) is 2.53. The lowest BCUT2D eigenvalue weighted by Gasteiger charge is -2.15. The van der Waals surface area contributed by atoms with Crippen molar-refractivity contribution in [3.05, 3.63) is 17.1 Å². The van der Waals surface area contributed by atoms with Crippen LogP contribution in [0.2, 0.25) is 0 Å². The van der Waals surface area contributed by atoms with E-state index in [1.54, 1.807) is 6.07 Å². The number of nitrogens with two attached hydrogens (primary N) is 1. The largest absolute Gasteiger partial charge is 0.464 e. The number of methoxy groups -OCH3 is 3. The molecule has 0 atom stereocenters. The first-order valence-corrected chi connectivity index (χ1v) is 4.80. The zero-order valence-corrected chi connectivity index (χ0v) is 10.1. The first-order chi connectivity index (χ1) is 8.58. The number of nitriles is 1. The summed E-state index contributed by atoms with van der Waals surface area (Å²) in [7, 11) is 3.91. The van der Waals surface area contributed by atoms with Crippen molar-refractivity contribution in [1.29, 1.82) is 5.26 Å². The molecule has 0 aliphatic rings. The van der Waals surface area contributed by atoms with Gasteiger partial charge in [0.15, 0.2) is 17.2 Å². The van der Waals surface area contributed by atoms with Crippen molar-refractivity contribution >= 4 is 11.8 Å². The smallest absolute Gasteiger partial charge is 0.358 e. The molecule has 8 heteroatoms. The minimum atomic E-state index is -0.945. The summed E-state index contributed by atoms with van der Waals surface area (Å²) in [5, 5.41) is 8.83. The van der Waals surface area contributed by atoms with Crippen molar-refractivity contribution in [2.24, 2.45) is 0 Å². The number of ether oxygens (including phenoxy) is 3. The predicted molar refractivity (Wildman–Crippen MR) is 59.3 cm³/mol. The van der Waals surface area contributed by atoms with Gasteiger partial charge in [0, 0.05) is 14.2 Å². The maximum absolute atomic E-state index is 11.5. The van der Waals surface area contributed by atoms with Crippen molar-refractivity contribution in [2.75, 3.05) is 27.1 Å². The molecule has 0 saturated heterocycles. The summed E-state index contributed by atoms with van der Waals surface area (Å²) >= 11 is 0. The van der Waals surface area contributed by atoms with Gasteiger partial charge in [-0.3, -0.25) is 0 Å². The average Bonchev–Trinajstić information content (AvgIpc) is 2.40. The van der Waals surface area contributed by atoms with Crippen LogP contribution in [0.25, 0.3) is 0 Å². The van der Waals surface area contributed by atoms with E-state index in [0.29, 0.717) is 0 Å². The van der Waals surface area contributed by atoms with Gasteiger partial charge in [0.25, 0.3) is 0 Å². The van der Waals surface area contributed by atoms with Gasteiger partial charge in [-0.15, -0.1) is 0 Å². The minimum Gasteiger partial charge on any atom is -0.464 e. The maximum Gasteiger partial charge on any atom is 0.358 e. The SMILES string of the molecule is COC(=O)c1nc(N)c(C#N)nc1C(OC)OC. The fraction of sp³-hybridized carbons (Fsp3) is 0.400. The number of nitrogens with zero attached hydrogens (tertiary/aromatic N) is 3. The number of aromatic nitrogens is 2. The van der Waals surface area contributed by atoms with Crippen molar-refractivity contribution in [3.8, 4) is 6.07 Å². The highest BCUT2D eigenvalue weighted by molar-refractivity contribution is 5.89. The van der Waals surface area contributed by atoms with Gasteiger partial charge in [-0.1, -0.05) is 0 Å². The van der Waals surface area contributed by atoms with E-state index in [9.17, 15) is 4.79 Å². The second kappa shape index (κ2) is 5.90. The first kappa shape index (κ1) is 13.8. The Labute approximate surface area is 103 Å². The number of carbonyl (C=O) groups is 1. The molecule has 0 spiro atoms. The Bertz CT molecular complexity index is 493. The minimum absolute atomic E-state index is 0.0394. The van der Waals surface area contributed by atoms with Crippen LogP contribution in [-0.2, 0) is 14.2 Å². The second-order valence-electron chi connectivity index (χ2n) is 3.10. The van der Waals surface area contributed by atoms with Crippen LogP contribution in [0.5, 0.6) is 0 Å². The molecule has 1 heterocycles. The molecule has 8 nitrogen and oxygen atoms in total. The van der Waals surface area contributed by atoms with Gasteiger partial charge in [0.1, 0.15) is 11.8 Å². The third-order valence-electron chi connectivity index (χ3n) is 2.09. The van der Waals surface area contributed by atoms with Crippen LogP contribution < -0.4 is 5.73 Å². The molecule has 0 aliphatic heterocycles. The van der Waals surface area contributed by atoms with Gasteiger partial charge in [-0.05, 0) is 0 Å². The standard InChI is InChI=1S/C10H12N4O4/c1-16-9(15)6-7(10(17-2)18-3)13-5(4-11)8(12)14-6/h10H,1-3H3,(H2,12,14). The van der Waals surface area contributed by atoms with Crippen LogP contribution in [0, 0.1) is 11.3 Å². The Morgan fingerprint density at radius 1 is 1.33 bits per heavy atom. The lowest BCUT2D eigenvalue weighted by Crippen LogP contribution is -2.18. The Morgan fingerprint density at radius 2 is 1.94 bits per heavy atom. The summed E-state index contributed by atoms with van der Waals surface area (Å²) in [6.45, 7) is 0. The zero-order chi connectivity index (χ0) is 13.7. The fourth-order valence-electron chi connectivity index (χ4n) is 1.27. The third-order valence-corrected chi connectivity index (χ3v) is 2.09. The average molecular weight is 252 g/mol. The van der Waals surface area contributed by atoms with E-state index < -0.39 is 12.3 Å². The van der Waals surface area contributed by atoms with Gasteiger partial charge in [0.2, 0.25) is 6.29 Å². The molecule has 0 unspecified atom stereocenters. The topological polar surface area (TPSA) is 120 Å². The van der Waals surface area contributed by atoms with Crippen LogP contribution in [0.3, 0.4) is 0 Å². The molecular weight excluding hydrogens is 240 g/mol. The molecule has 0 fully saturated rings. The van der Waals surface area contributed by atoms with Crippen LogP contribution in [-0.4, -0.2) is 37.3 Å². The van der Waals surface area contributed by atoms with E-state index in [2.05, 4.69) is 14.7 Å². The Morgan fingerprint density at radius 3 is 2.39 bits per heavy atom. The van der Waals surface area contributed by atoms with E-state index in [0.717, 1.165) is 0 Å². The molecule has 0 radical (unpaired) electrons. The van der Waals surface area contributed by atoms with Crippen LogP contribution in [0.1, 0.15) is 28.2 Å². The molecule has 0 bridgehead atoms. The fourth-order valence-corrected chi connectivity index (χ4v) is 1.27. The number of nitrogen functional groups attached to an aromatic ring is 1. The second-order valence-corrected chi connectivity index (χ2v) is 3.10. The highest BCUT2D eigenvalue weighted by Crippen LogP contribution is 2.21. The molecule has 1 rings (SSSR count). The molecule has 0 amide bonds. The molecule has 0 aliphatic carbocycles. The van der Waals surface area contributed by atoms with Gasteiger partial charge in [0.05, 0.1) is 7.11 Å². The molecule has 1 aromatic heterocycles. The summed E-state index contributed by atoms with van der Waals surface area (Å²) in [6, 6.07) is 1.76. The number of carbonyl (C=O) groups excluding carboxylic acids is 1. The number of esters is 1. The number of hydrogen-bond donors (Lipinski definition) is 1. The highest BCUT2D eigenvalue weighted by atomic mass is 16.7. The molecule has 0 aromatic carbocycles. The van der Waals surface area contributed by atoms with Crippen molar-refractivity contribution in [2.45, 2.75) is 6.29 Å². The summed E-state index contributed by atoms with van der Waals surface area (Å²) in [5.41, 5.74) is 5.27. The summed E-state index contributed by atoms with van der Waals surface area (Å²) in [6.07, 6.45) is -0.945. The van der Waals surface area contributed by atoms with Gasteiger partial charge < -0.3 is 19.9 Å². The Hall–Kier alpha value is -2.24. The van der Waals surface area contributed by atoms with Crippen LogP contribution in [0.4, 0.5) is 5.82 Å². The lowest BCUT2D eigenvalue weighted by molar-refractivity contribution is -0.109. The quantitative estimate of drug-likeness (QED) is 0.587. The summed E-state index contributed by atoms with van der Waals surface area (Å²) in [4.78, 5) is 19.2. The van der Waals surface area contributed by atoms with Crippen molar-refractivity contribution in [3.63, 3.8) is 0 Å². The molecule has 1 aromatic rings. The lowest BCUT2D eigenvalue weighted by atomic mass is 10.2. The van der Waals surface area contributed by atoms with Gasteiger partial charge >= 0.3 is 5.97 Å². The summed E-state index contributed by atoms with van der Waals surface area (Å²) < 4.78 is 14.5. The van der Waals surface area contributed by atoms with Crippen molar-refractivity contribution in [1.82, 2.24) is 9.97 Å². The molecule has 2 N–H and O–H groups in total. The van der Waals surface area contributed by atoms with Crippen molar-refractivity contribution < 1.29 is 19.0 Å². The van der Waals surface area contributed by atoms with Crippen LogP contribution >= 0.6 is 0 Å². The molecular formula is C10H12N4O4. The van der Waals surface area contributed by atoms with E-state index >= 15 is 0 Å². The van der Waals surface area contributed by atoms with E-state index in [4.69, 9.17) is 20.5 Å². The van der Waals surface area contributed by atoms with E-state index in [1.807, 2.05) is 0 Å². The van der Waals surface area contributed by atoms with Gasteiger partial charge in [-0.2, -0.15) is 5.26 Å². The molecule has 18 heavy (non-hydrogen) atoms. The molecule has 0 saturated carbocycles. The van der Waals surface area contributed by atoms with E-state index in [-0.39, 0.29) is 22.9 Å². The first-order valence-electron chi connectivity index (χ1n) is 4.80. The predicted octanol–water partition coefficient (Wildman–Crippen LogP) is 0.00848. The monoisotopic (exact) mass is 252 g/mol. The number of hydrogen-bond acceptors (Lipinski definition) is 8. The highest BCUT2D eigenvalue weighted by Gasteiger charge is 2.25. The Balaban J connectivity index is 3.44.